The van der Waals surface area contributed by atoms with Crippen LogP contribution in [0.2, 0.25) is 0 Å². The molecule has 1 radical (unpaired) electrons. The van der Waals surface area contributed by atoms with Gasteiger partial charge in [-0.1, -0.05) is 13.8 Å². The zero-order valence-electron chi connectivity index (χ0n) is 10.6. The SMILES string of the molecule is CCC(=O)/C=C(/C)O.CCC(=O)/C=C(/C)O.[Cu]. The number of aliphatic hydroxyl groups is 2. The molecule has 0 spiro atoms. The number of carbonyl (C=O) groups is 2. The van der Waals surface area contributed by atoms with Gasteiger partial charge in [-0.05, 0) is 13.8 Å². The van der Waals surface area contributed by atoms with Crippen molar-refractivity contribution in [1.29, 1.82) is 0 Å². The van der Waals surface area contributed by atoms with Gasteiger partial charge in [-0.25, -0.2) is 0 Å². The van der Waals surface area contributed by atoms with Crippen molar-refractivity contribution in [3.63, 3.8) is 0 Å². The van der Waals surface area contributed by atoms with Crippen molar-refractivity contribution in [1.82, 2.24) is 0 Å². The van der Waals surface area contributed by atoms with Gasteiger partial charge in [0.2, 0.25) is 0 Å². The molecule has 0 bridgehead atoms. The number of aliphatic hydroxyl groups excluding tert-OH is 2. The molecule has 0 amide bonds. The molecule has 0 atom stereocenters. The molecule has 4 nitrogen and oxygen atoms in total. The standard InChI is InChI=1S/2C6H10O2.Cu/c2*1-3-6(8)4-5(2)7;/h2*4,7H,3H2,1-2H3;/b2*5-4-;. The summed E-state index contributed by atoms with van der Waals surface area (Å²) in [6.45, 7) is 6.46. The molecule has 17 heavy (non-hydrogen) atoms. The first kappa shape index (κ1) is 21.2. The maximum absolute atomic E-state index is 10.4. The van der Waals surface area contributed by atoms with Crippen LogP contribution in [0.1, 0.15) is 40.5 Å². The van der Waals surface area contributed by atoms with E-state index in [1.165, 1.54) is 26.0 Å². The zero-order chi connectivity index (χ0) is 13.1. The first-order chi connectivity index (χ1) is 7.33. The molecule has 2 N–H and O–H groups in total. The molecular weight excluding hydrogens is 272 g/mol. The van der Waals surface area contributed by atoms with Gasteiger partial charge in [0.25, 0.3) is 0 Å². The Bertz CT molecular complexity index is 255. The summed E-state index contributed by atoms with van der Waals surface area (Å²) in [5, 5.41) is 17.0. The number of allylic oxidation sites excluding steroid dienone is 4. The van der Waals surface area contributed by atoms with Gasteiger partial charge in [0.15, 0.2) is 11.6 Å². The van der Waals surface area contributed by atoms with E-state index < -0.39 is 0 Å². The Labute approximate surface area is 113 Å². The smallest absolute Gasteiger partial charge is 0.158 e. The maximum atomic E-state index is 10.4. The molecule has 0 aliphatic heterocycles. The van der Waals surface area contributed by atoms with E-state index in [1.54, 1.807) is 13.8 Å². The van der Waals surface area contributed by atoms with Gasteiger partial charge in [-0.2, -0.15) is 0 Å². The number of rotatable bonds is 4. The van der Waals surface area contributed by atoms with E-state index in [2.05, 4.69) is 0 Å². The second kappa shape index (κ2) is 13.0. The van der Waals surface area contributed by atoms with Crippen LogP contribution in [0, 0.1) is 0 Å². The second-order valence-corrected chi connectivity index (χ2v) is 3.21. The van der Waals surface area contributed by atoms with Crippen molar-refractivity contribution in [3.05, 3.63) is 23.7 Å². The molecule has 0 rings (SSSR count). The number of hydrogen-bond acceptors (Lipinski definition) is 4. The minimum Gasteiger partial charge on any atom is -0.512 e. The summed E-state index contributed by atoms with van der Waals surface area (Å²) in [4.78, 5) is 20.8. The summed E-state index contributed by atoms with van der Waals surface area (Å²) in [5.74, 6) is 0.0868. The van der Waals surface area contributed by atoms with E-state index in [9.17, 15) is 9.59 Å². The van der Waals surface area contributed by atoms with Crippen LogP contribution in [0.25, 0.3) is 0 Å². The van der Waals surface area contributed by atoms with Crippen molar-refractivity contribution in [2.75, 3.05) is 0 Å². The topological polar surface area (TPSA) is 74.6 Å². The van der Waals surface area contributed by atoms with Gasteiger partial charge in [0.1, 0.15) is 0 Å². The van der Waals surface area contributed by atoms with Gasteiger partial charge in [-0.3, -0.25) is 9.59 Å². The Morgan fingerprint density at radius 2 is 1.12 bits per heavy atom. The number of ketones is 2. The molecule has 5 heteroatoms. The van der Waals surface area contributed by atoms with Crippen LogP contribution in [-0.4, -0.2) is 21.8 Å². The van der Waals surface area contributed by atoms with Crippen LogP contribution in [0.3, 0.4) is 0 Å². The van der Waals surface area contributed by atoms with Crippen LogP contribution in [-0.2, 0) is 26.7 Å². The van der Waals surface area contributed by atoms with Gasteiger partial charge >= 0.3 is 0 Å². The predicted molar refractivity (Wildman–Crippen MR) is 63.4 cm³/mol. The third-order valence-corrected chi connectivity index (χ3v) is 1.44. The average molecular weight is 292 g/mol. The molecule has 0 aromatic carbocycles. The van der Waals surface area contributed by atoms with Crippen molar-refractivity contribution >= 4 is 11.6 Å². The summed E-state index contributed by atoms with van der Waals surface area (Å²) >= 11 is 0. The molecule has 0 aliphatic carbocycles. The van der Waals surface area contributed by atoms with E-state index in [4.69, 9.17) is 10.2 Å². The fraction of sp³-hybridized carbons (Fsp3) is 0.500. The summed E-state index contributed by atoms with van der Waals surface area (Å²) in [6.07, 6.45) is 3.36. The van der Waals surface area contributed by atoms with Gasteiger partial charge in [0.05, 0.1) is 11.5 Å². The van der Waals surface area contributed by atoms with Gasteiger partial charge in [0, 0.05) is 42.1 Å². The molecule has 0 aliphatic rings. The van der Waals surface area contributed by atoms with Crippen molar-refractivity contribution < 1.29 is 36.9 Å². The summed E-state index contributed by atoms with van der Waals surface area (Å²) in [5.41, 5.74) is 0. The predicted octanol–water partition coefficient (Wildman–Crippen LogP) is 2.85. The van der Waals surface area contributed by atoms with Crippen molar-refractivity contribution in [2.24, 2.45) is 0 Å². The Morgan fingerprint density at radius 3 is 1.18 bits per heavy atom. The molecule has 0 saturated heterocycles. The Balaban J connectivity index is -0.000000218. The molecule has 103 valence electrons. The third kappa shape index (κ3) is 20.9. The molecule has 0 aromatic heterocycles. The van der Waals surface area contributed by atoms with Gasteiger partial charge in [-0.15, -0.1) is 0 Å². The van der Waals surface area contributed by atoms with E-state index in [0.717, 1.165) is 0 Å². The quantitative estimate of drug-likeness (QED) is 0.474. The Morgan fingerprint density at radius 1 is 0.882 bits per heavy atom. The van der Waals surface area contributed by atoms with E-state index in [-0.39, 0.29) is 40.2 Å². The fourth-order valence-electron chi connectivity index (χ4n) is 0.670. The molecule has 0 heterocycles. The van der Waals surface area contributed by atoms with Crippen molar-refractivity contribution in [2.45, 2.75) is 40.5 Å². The molecule has 0 fully saturated rings. The third-order valence-electron chi connectivity index (χ3n) is 1.44. The summed E-state index contributed by atoms with van der Waals surface area (Å²) in [6, 6.07) is 0. The van der Waals surface area contributed by atoms with Crippen LogP contribution in [0.4, 0.5) is 0 Å². The minimum absolute atomic E-state index is 0. The summed E-state index contributed by atoms with van der Waals surface area (Å²) in [7, 11) is 0. The van der Waals surface area contributed by atoms with E-state index >= 15 is 0 Å². The maximum Gasteiger partial charge on any atom is 0.158 e. The Hall–Kier alpha value is -1.06. The van der Waals surface area contributed by atoms with Crippen LogP contribution in [0.5, 0.6) is 0 Å². The van der Waals surface area contributed by atoms with Crippen molar-refractivity contribution in [3.8, 4) is 0 Å². The number of hydrogen-bond donors (Lipinski definition) is 2. The first-order valence-corrected chi connectivity index (χ1v) is 5.13. The van der Waals surface area contributed by atoms with Crippen LogP contribution in [0.15, 0.2) is 23.7 Å². The molecule has 0 saturated carbocycles. The van der Waals surface area contributed by atoms with E-state index in [1.807, 2.05) is 0 Å². The summed E-state index contributed by atoms with van der Waals surface area (Å²) < 4.78 is 0. The zero-order valence-corrected chi connectivity index (χ0v) is 11.5. The average Bonchev–Trinajstić information content (AvgIpc) is 2.16. The number of carbonyl (C=O) groups excluding carboxylic acids is 2. The minimum atomic E-state index is -0.0370. The largest absolute Gasteiger partial charge is 0.512 e. The Kier molecular flexibility index (Phi) is 16.3. The molecule has 0 unspecified atom stereocenters. The molecule has 0 aromatic rings. The fourth-order valence-corrected chi connectivity index (χ4v) is 0.670. The van der Waals surface area contributed by atoms with Crippen LogP contribution < -0.4 is 0 Å². The monoisotopic (exact) mass is 291 g/mol. The van der Waals surface area contributed by atoms with Crippen LogP contribution >= 0.6 is 0 Å². The second-order valence-electron chi connectivity index (χ2n) is 3.21. The molecular formula is C12H20CuO4. The first-order valence-electron chi connectivity index (χ1n) is 5.13. The normalized spacial score (nSPS) is 10.8. The van der Waals surface area contributed by atoms with Gasteiger partial charge < -0.3 is 10.2 Å². The van der Waals surface area contributed by atoms with E-state index in [0.29, 0.717) is 12.8 Å².